The number of thiophene rings is 1. The molecule has 0 saturated carbocycles. The van der Waals surface area contributed by atoms with Crippen molar-refractivity contribution in [2.24, 2.45) is 0 Å². The van der Waals surface area contributed by atoms with Crippen molar-refractivity contribution in [3.63, 3.8) is 0 Å². The highest BCUT2D eigenvalue weighted by atomic mass is 32.1. The van der Waals surface area contributed by atoms with Gasteiger partial charge in [0, 0.05) is 38.0 Å². The highest BCUT2D eigenvalue weighted by Crippen LogP contribution is 2.28. The van der Waals surface area contributed by atoms with E-state index in [2.05, 4.69) is 0 Å². The first-order valence-electron chi connectivity index (χ1n) is 5.82. The number of carbonyl (C=O) groups is 1. The van der Waals surface area contributed by atoms with Crippen LogP contribution < -0.4 is 11.5 Å². The summed E-state index contributed by atoms with van der Waals surface area (Å²) >= 11 is 1.56. The lowest BCUT2D eigenvalue weighted by molar-refractivity contribution is 0.104. The Labute approximate surface area is 114 Å². The summed E-state index contributed by atoms with van der Waals surface area (Å²) in [4.78, 5) is 12.5. The SMILES string of the molecule is Nc1cc(N)cc(C(=O)c2csc3ccccc23)c1. The van der Waals surface area contributed by atoms with Gasteiger partial charge in [-0.25, -0.2) is 0 Å². The maximum atomic E-state index is 12.5. The van der Waals surface area contributed by atoms with Crippen LogP contribution in [0.3, 0.4) is 0 Å². The number of benzene rings is 2. The minimum Gasteiger partial charge on any atom is -0.399 e. The molecule has 0 bridgehead atoms. The van der Waals surface area contributed by atoms with E-state index >= 15 is 0 Å². The smallest absolute Gasteiger partial charge is 0.194 e. The molecule has 1 heterocycles. The Balaban J connectivity index is 2.13. The van der Waals surface area contributed by atoms with E-state index in [1.165, 1.54) is 0 Å². The van der Waals surface area contributed by atoms with Crippen LogP contribution in [0.25, 0.3) is 10.1 Å². The van der Waals surface area contributed by atoms with Gasteiger partial charge in [0.1, 0.15) is 0 Å². The average Bonchev–Trinajstić information content (AvgIpc) is 2.80. The average molecular weight is 268 g/mol. The summed E-state index contributed by atoms with van der Waals surface area (Å²) in [6.45, 7) is 0. The predicted molar refractivity (Wildman–Crippen MR) is 80.5 cm³/mol. The number of ketones is 1. The van der Waals surface area contributed by atoms with Crippen LogP contribution in [0, 0.1) is 0 Å². The first kappa shape index (κ1) is 11.7. The van der Waals surface area contributed by atoms with Gasteiger partial charge in [0.15, 0.2) is 5.78 Å². The Bertz CT molecular complexity index is 756. The van der Waals surface area contributed by atoms with Gasteiger partial charge in [0.2, 0.25) is 0 Å². The van der Waals surface area contributed by atoms with E-state index < -0.39 is 0 Å². The number of carbonyl (C=O) groups excluding carboxylic acids is 1. The maximum absolute atomic E-state index is 12.5. The minimum absolute atomic E-state index is 0.0450. The number of hydrogen-bond acceptors (Lipinski definition) is 4. The van der Waals surface area contributed by atoms with Crippen molar-refractivity contribution in [3.8, 4) is 0 Å². The lowest BCUT2D eigenvalue weighted by Crippen LogP contribution is -2.03. The molecular formula is C15H12N2OS. The lowest BCUT2D eigenvalue weighted by Gasteiger charge is -2.03. The standard InChI is InChI=1S/C15H12N2OS/c16-10-5-9(6-11(17)7-10)15(18)13-8-19-14-4-2-1-3-12(13)14/h1-8H,16-17H2. The van der Waals surface area contributed by atoms with Crippen LogP contribution in [0.15, 0.2) is 47.8 Å². The van der Waals surface area contributed by atoms with Crippen molar-refractivity contribution < 1.29 is 4.79 Å². The normalized spacial score (nSPS) is 10.7. The van der Waals surface area contributed by atoms with Crippen molar-refractivity contribution in [1.82, 2.24) is 0 Å². The molecule has 0 spiro atoms. The van der Waals surface area contributed by atoms with Gasteiger partial charge < -0.3 is 11.5 Å². The number of nitrogen functional groups attached to an aromatic ring is 2. The van der Waals surface area contributed by atoms with Gasteiger partial charge in [-0.15, -0.1) is 11.3 Å². The second-order valence-corrected chi connectivity index (χ2v) is 5.27. The predicted octanol–water partition coefficient (Wildman–Crippen LogP) is 3.30. The molecule has 0 aliphatic rings. The molecule has 0 aliphatic heterocycles. The molecule has 0 radical (unpaired) electrons. The van der Waals surface area contributed by atoms with Gasteiger partial charge in [0.05, 0.1) is 0 Å². The Morgan fingerprint density at radius 2 is 1.68 bits per heavy atom. The van der Waals surface area contributed by atoms with E-state index in [0.29, 0.717) is 22.5 Å². The van der Waals surface area contributed by atoms with E-state index in [1.54, 1.807) is 29.5 Å². The molecule has 19 heavy (non-hydrogen) atoms. The van der Waals surface area contributed by atoms with Crippen LogP contribution in [0.2, 0.25) is 0 Å². The molecule has 94 valence electrons. The highest BCUT2D eigenvalue weighted by Gasteiger charge is 2.14. The Hall–Kier alpha value is -2.33. The Morgan fingerprint density at radius 3 is 2.42 bits per heavy atom. The zero-order valence-corrected chi connectivity index (χ0v) is 10.9. The third-order valence-electron chi connectivity index (χ3n) is 2.97. The van der Waals surface area contributed by atoms with Crippen LogP contribution in [-0.4, -0.2) is 5.78 Å². The van der Waals surface area contributed by atoms with Crippen LogP contribution in [0.4, 0.5) is 11.4 Å². The van der Waals surface area contributed by atoms with Gasteiger partial charge >= 0.3 is 0 Å². The summed E-state index contributed by atoms with van der Waals surface area (Å²) in [7, 11) is 0. The molecule has 3 rings (SSSR count). The molecule has 0 amide bonds. The second kappa shape index (κ2) is 4.40. The number of fused-ring (bicyclic) bond motifs is 1. The third-order valence-corrected chi connectivity index (χ3v) is 3.93. The van der Waals surface area contributed by atoms with E-state index in [-0.39, 0.29) is 5.78 Å². The molecule has 0 aliphatic carbocycles. The quantitative estimate of drug-likeness (QED) is 0.553. The topological polar surface area (TPSA) is 69.1 Å². The molecule has 3 aromatic rings. The van der Waals surface area contributed by atoms with Gasteiger partial charge in [-0.05, 0) is 24.3 Å². The fourth-order valence-corrected chi connectivity index (χ4v) is 3.06. The molecule has 0 atom stereocenters. The molecule has 0 unspecified atom stereocenters. The molecule has 0 saturated heterocycles. The zero-order valence-electron chi connectivity index (χ0n) is 10.1. The van der Waals surface area contributed by atoms with Gasteiger partial charge in [-0.3, -0.25) is 4.79 Å². The molecule has 0 fully saturated rings. The first-order chi connectivity index (χ1) is 9.15. The van der Waals surface area contributed by atoms with Crippen molar-refractivity contribution in [1.29, 1.82) is 0 Å². The molecule has 2 aromatic carbocycles. The fraction of sp³-hybridized carbons (Fsp3) is 0. The second-order valence-electron chi connectivity index (χ2n) is 4.36. The molecule has 4 N–H and O–H groups in total. The highest BCUT2D eigenvalue weighted by molar-refractivity contribution is 7.17. The molecule has 3 nitrogen and oxygen atoms in total. The summed E-state index contributed by atoms with van der Waals surface area (Å²) in [6, 6.07) is 12.8. The van der Waals surface area contributed by atoms with Crippen molar-refractivity contribution in [2.75, 3.05) is 11.5 Å². The summed E-state index contributed by atoms with van der Waals surface area (Å²) in [5.74, 6) is -0.0450. The third kappa shape index (κ3) is 2.06. The van der Waals surface area contributed by atoms with Crippen LogP contribution in [0.5, 0.6) is 0 Å². The number of nitrogens with two attached hydrogens (primary N) is 2. The lowest BCUT2D eigenvalue weighted by atomic mass is 10.0. The van der Waals surface area contributed by atoms with Gasteiger partial charge in [0.25, 0.3) is 0 Å². The fourth-order valence-electron chi connectivity index (χ4n) is 2.12. The van der Waals surface area contributed by atoms with Crippen LogP contribution in [0.1, 0.15) is 15.9 Å². The first-order valence-corrected chi connectivity index (χ1v) is 6.70. The van der Waals surface area contributed by atoms with Crippen molar-refractivity contribution in [3.05, 3.63) is 59.0 Å². The monoisotopic (exact) mass is 268 g/mol. The number of hydrogen-bond donors (Lipinski definition) is 2. The Morgan fingerprint density at radius 1 is 1.00 bits per heavy atom. The van der Waals surface area contributed by atoms with E-state index in [4.69, 9.17) is 11.5 Å². The summed E-state index contributed by atoms with van der Waals surface area (Å²) in [5.41, 5.74) is 13.7. The largest absolute Gasteiger partial charge is 0.399 e. The molecule has 1 aromatic heterocycles. The molecular weight excluding hydrogens is 256 g/mol. The van der Waals surface area contributed by atoms with Gasteiger partial charge in [-0.2, -0.15) is 0 Å². The summed E-state index contributed by atoms with van der Waals surface area (Å²) in [6.07, 6.45) is 0. The zero-order chi connectivity index (χ0) is 13.4. The summed E-state index contributed by atoms with van der Waals surface area (Å²) < 4.78 is 1.10. The van der Waals surface area contributed by atoms with E-state index in [0.717, 1.165) is 10.1 Å². The van der Waals surface area contributed by atoms with Crippen LogP contribution in [-0.2, 0) is 0 Å². The van der Waals surface area contributed by atoms with E-state index in [9.17, 15) is 4.79 Å². The van der Waals surface area contributed by atoms with E-state index in [1.807, 2.05) is 29.6 Å². The maximum Gasteiger partial charge on any atom is 0.194 e. The Kier molecular flexibility index (Phi) is 2.72. The van der Waals surface area contributed by atoms with Crippen molar-refractivity contribution >= 4 is 38.6 Å². The molecule has 4 heteroatoms. The number of anilines is 2. The summed E-state index contributed by atoms with van der Waals surface area (Å²) in [5, 5.41) is 2.85. The minimum atomic E-state index is -0.0450. The number of rotatable bonds is 2. The van der Waals surface area contributed by atoms with Gasteiger partial charge in [-0.1, -0.05) is 18.2 Å². The van der Waals surface area contributed by atoms with Crippen LogP contribution >= 0.6 is 11.3 Å². The van der Waals surface area contributed by atoms with Crippen molar-refractivity contribution in [2.45, 2.75) is 0 Å².